The molecule has 3 nitrogen and oxygen atoms in total. The molecule has 0 aliphatic carbocycles. The van der Waals surface area contributed by atoms with Crippen molar-refractivity contribution < 1.29 is 4.79 Å². The average molecular weight is 234 g/mol. The lowest BCUT2D eigenvalue weighted by atomic mass is 10.0. The van der Waals surface area contributed by atoms with E-state index >= 15 is 0 Å². The van der Waals surface area contributed by atoms with Crippen molar-refractivity contribution >= 4 is 5.91 Å². The fourth-order valence-electron chi connectivity index (χ4n) is 1.80. The van der Waals surface area contributed by atoms with Crippen LogP contribution in [0.4, 0.5) is 0 Å². The molecule has 0 unspecified atom stereocenters. The number of carbonyl (C=O) groups excluding carboxylic acids is 1. The molecule has 1 amide bonds. The summed E-state index contributed by atoms with van der Waals surface area (Å²) in [4.78, 5) is 10.7. The predicted molar refractivity (Wildman–Crippen MR) is 71.0 cm³/mol. The van der Waals surface area contributed by atoms with E-state index in [1.165, 1.54) is 18.1 Å². The molecule has 94 valence electrons. The fraction of sp³-hybridized carbons (Fsp3) is 0.500. The molecule has 0 radical (unpaired) electrons. The standard InChI is InChI=1S/C14H22N2O/c1-11-6-4-5-7-14(11)10-12(2)15-8-9-16-13(3)17/h4-7,12,15H,8-10H2,1-3H3,(H,16,17)/t12-/m0/s1. The number of benzene rings is 1. The number of hydrogen-bond donors (Lipinski definition) is 2. The van der Waals surface area contributed by atoms with E-state index in [1.54, 1.807) is 0 Å². The Morgan fingerprint density at radius 1 is 1.29 bits per heavy atom. The average Bonchev–Trinajstić information content (AvgIpc) is 2.27. The third-order valence-electron chi connectivity index (χ3n) is 2.78. The number of rotatable bonds is 6. The van der Waals surface area contributed by atoms with Gasteiger partial charge < -0.3 is 10.6 Å². The Morgan fingerprint density at radius 2 is 2.00 bits per heavy atom. The van der Waals surface area contributed by atoms with E-state index in [9.17, 15) is 4.79 Å². The third kappa shape index (κ3) is 5.50. The Hall–Kier alpha value is -1.35. The summed E-state index contributed by atoms with van der Waals surface area (Å²) >= 11 is 0. The zero-order valence-corrected chi connectivity index (χ0v) is 10.9. The number of hydrogen-bond acceptors (Lipinski definition) is 2. The van der Waals surface area contributed by atoms with Gasteiger partial charge in [0.15, 0.2) is 0 Å². The molecule has 0 bridgehead atoms. The van der Waals surface area contributed by atoms with Crippen LogP contribution in [0.2, 0.25) is 0 Å². The molecule has 0 spiro atoms. The maximum atomic E-state index is 10.7. The SMILES string of the molecule is CC(=O)NCCN[C@@H](C)Cc1ccccc1C. The Balaban J connectivity index is 2.27. The molecule has 1 aromatic carbocycles. The zero-order valence-electron chi connectivity index (χ0n) is 10.9. The molecule has 0 fully saturated rings. The van der Waals surface area contributed by atoms with Gasteiger partial charge in [0.05, 0.1) is 0 Å². The van der Waals surface area contributed by atoms with Gasteiger partial charge >= 0.3 is 0 Å². The Morgan fingerprint density at radius 3 is 2.65 bits per heavy atom. The normalized spacial score (nSPS) is 12.2. The molecule has 0 aliphatic rings. The lowest BCUT2D eigenvalue weighted by Gasteiger charge is -2.15. The summed E-state index contributed by atoms with van der Waals surface area (Å²) in [5.41, 5.74) is 2.72. The Labute approximate surface area is 104 Å². The number of aryl methyl sites for hydroxylation is 1. The molecule has 0 saturated carbocycles. The highest BCUT2D eigenvalue weighted by Gasteiger charge is 2.04. The van der Waals surface area contributed by atoms with Crippen LogP contribution in [-0.4, -0.2) is 25.0 Å². The number of amides is 1. The largest absolute Gasteiger partial charge is 0.355 e. The van der Waals surface area contributed by atoms with Crippen molar-refractivity contribution in [3.63, 3.8) is 0 Å². The zero-order chi connectivity index (χ0) is 12.7. The third-order valence-corrected chi connectivity index (χ3v) is 2.78. The van der Waals surface area contributed by atoms with Crippen molar-refractivity contribution in [3.05, 3.63) is 35.4 Å². The lowest BCUT2D eigenvalue weighted by Crippen LogP contribution is -2.36. The monoisotopic (exact) mass is 234 g/mol. The second-order valence-corrected chi connectivity index (χ2v) is 4.47. The van der Waals surface area contributed by atoms with Gasteiger partial charge in [0.2, 0.25) is 5.91 Å². The van der Waals surface area contributed by atoms with Crippen LogP contribution in [0.3, 0.4) is 0 Å². The Kier molecular flexibility index (Phi) is 5.70. The van der Waals surface area contributed by atoms with Crippen molar-refractivity contribution in [1.82, 2.24) is 10.6 Å². The van der Waals surface area contributed by atoms with Gasteiger partial charge in [-0.15, -0.1) is 0 Å². The van der Waals surface area contributed by atoms with Crippen LogP contribution in [-0.2, 0) is 11.2 Å². The summed E-state index contributed by atoms with van der Waals surface area (Å²) in [7, 11) is 0. The first-order valence-electron chi connectivity index (χ1n) is 6.12. The van der Waals surface area contributed by atoms with Gasteiger partial charge in [0.25, 0.3) is 0 Å². The van der Waals surface area contributed by atoms with Crippen molar-refractivity contribution in [2.45, 2.75) is 33.2 Å². The molecule has 0 saturated heterocycles. The first-order valence-corrected chi connectivity index (χ1v) is 6.12. The topological polar surface area (TPSA) is 41.1 Å². The van der Waals surface area contributed by atoms with E-state index in [4.69, 9.17) is 0 Å². The van der Waals surface area contributed by atoms with Gasteiger partial charge in [0, 0.05) is 26.1 Å². The van der Waals surface area contributed by atoms with E-state index in [2.05, 4.69) is 48.7 Å². The van der Waals surface area contributed by atoms with Gasteiger partial charge in [-0.25, -0.2) is 0 Å². The molecule has 1 rings (SSSR count). The predicted octanol–water partition coefficient (Wildman–Crippen LogP) is 1.65. The van der Waals surface area contributed by atoms with Crippen molar-refractivity contribution in [2.24, 2.45) is 0 Å². The van der Waals surface area contributed by atoms with Crippen molar-refractivity contribution in [3.8, 4) is 0 Å². The van der Waals surface area contributed by atoms with E-state index in [0.717, 1.165) is 13.0 Å². The molecular formula is C14H22N2O. The summed E-state index contributed by atoms with van der Waals surface area (Å²) in [6.07, 6.45) is 1.02. The summed E-state index contributed by atoms with van der Waals surface area (Å²) in [6.45, 7) is 7.34. The molecular weight excluding hydrogens is 212 g/mol. The highest BCUT2D eigenvalue weighted by atomic mass is 16.1. The second kappa shape index (κ2) is 7.07. The highest BCUT2D eigenvalue weighted by molar-refractivity contribution is 5.72. The van der Waals surface area contributed by atoms with Crippen LogP contribution in [0.5, 0.6) is 0 Å². The first-order chi connectivity index (χ1) is 8.09. The van der Waals surface area contributed by atoms with Crippen molar-refractivity contribution in [1.29, 1.82) is 0 Å². The maximum Gasteiger partial charge on any atom is 0.216 e. The molecule has 1 aromatic rings. The van der Waals surface area contributed by atoms with E-state index in [1.807, 2.05) is 0 Å². The molecule has 0 aromatic heterocycles. The molecule has 1 atom stereocenters. The quantitative estimate of drug-likeness (QED) is 0.735. The van der Waals surface area contributed by atoms with E-state index in [-0.39, 0.29) is 5.91 Å². The van der Waals surface area contributed by atoms with Crippen LogP contribution < -0.4 is 10.6 Å². The van der Waals surface area contributed by atoms with Crippen molar-refractivity contribution in [2.75, 3.05) is 13.1 Å². The molecule has 0 aliphatic heterocycles. The highest BCUT2D eigenvalue weighted by Crippen LogP contribution is 2.09. The minimum absolute atomic E-state index is 0.0263. The maximum absolute atomic E-state index is 10.7. The minimum atomic E-state index is 0.0263. The van der Waals surface area contributed by atoms with Gasteiger partial charge in [-0.1, -0.05) is 24.3 Å². The van der Waals surface area contributed by atoms with Gasteiger partial charge in [0.1, 0.15) is 0 Å². The lowest BCUT2D eigenvalue weighted by molar-refractivity contribution is -0.118. The molecule has 2 N–H and O–H groups in total. The second-order valence-electron chi connectivity index (χ2n) is 4.47. The van der Waals surface area contributed by atoms with Crippen LogP contribution in [0.1, 0.15) is 25.0 Å². The Bertz CT molecular complexity index is 363. The smallest absolute Gasteiger partial charge is 0.216 e. The van der Waals surface area contributed by atoms with Crippen LogP contribution in [0, 0.1) is 6.92 Å². The number of nitrogens with one attached hydrogen (secondary N) is 2. The first kappa shape index (κ1) is 13.7. The summed E-state index contributed by atoms with van der Waals surface area (Å²) < 4.78 is 0. The fourth-order valence-corrected chi connectivity index (χ4v) is 1.80. The molecule has 3 heteroatoms. The summed E-state index contributed by atoms with van der Waals surface area (Å²) in [5.74, 6) is 0.0263. The van der Waals surface area contributed by atoms with Crippen LogP contribution in [0.15, 0.2) is 24.3 Å². The summed E-state index contributed by atoms with van der Waals surface area (Å²) in [5, 5.41) is 6.17. The van der Waals surface area contributed by atoms with Crippen LogP contribution in [0.25, 0.3) is 0 Å². The van der Waals surface area contributed by atoms with Gasteiger partial charge in [-0.05, 0) is 31.4 Å². The number of carbonyl (C=O) groups is 1. The molecule has 17 heavy (non-hydrogen) atoms. The summed E-state index contributed by atoms with van der Waals surface area (Å²) in [6, 6.07) is 8.87. The van der Waals surface area contributed by atoms with E-state index in [0.29, 0.717) is 12.6 Å². The van der Waals surface area contributed by atoms with Gasteiger partial charge in [-0.3, -0.25) is 4.79 Å². The van der Waals surface area contributed by atoms with E-state index < -0.39 is 0 Å². The van der Waals surface area contributed by atoms with Crippen LogP contribution >= 0.6 is 0 Å². The molecule has 0 heterocycles. The van der Waals surface area contributed by atoms with Gasteiger partial charge in [-0.2, -0.15) is 0 Å². The minimum Gasteiger partial charge on any atom is -0.355 e.